The van der Waals surface area contributed by atoms with E-state index >= 15 is 0 Å². The maximum absolute atomic E-state index is 13.6. The fraction of sp³-hybridized carbons (Fsp3) is 0.364. The first-order chi connectivity index (χ1) is 7.13. The van der Waals surface area contributed by atoms with Gasteiger partial charge in [-0.25, -0.2) is 4.39 Å². The Hall–Kier alpha value is -1.58. The summed E-state index contributed by atoms with van der Waals surface area (Å²) < 4.78 is 13.6. The number of fused-ring (bicyclic) bond motifs is 1. The van der Waals surface area contributed by atoms with Crippen LogP contribution in [0.2, 0.25) is 0 Å². The minimum absolute atomic E-state index is 0.0450. The topological polar surface area (TPSA) is 46.3 Å². The van der Waals surface area contributed by atoms with E-state index in [1.165, 1.54) is 11.0 Å². The Kier molecular flexibility index (Phi) is 2.34. The molecule has 1 aromatic rings. The van der Waals surface area contributed by atoms with Gasteiger partial charge in [-0.3, -0.25) is 4.79 Å². The minimum Gasteiger partial charge on any atom is -0.399 e. The van der Waals surface area contributed by atoms with Crippen LogP contribution in [-0.4, -0.2) is 12.5 Å². The van der Waals surface area contributed by atoms with Crippen LogP contribution in [0.3, 0.4) is 0 Å². The molecular weight excluding hydrogens is 195 g/mol. The highest BCUT2D eigenvalue weighted by Crippen LogP contribution is 2.33. The molecule has 1 heterocycles. The van der Waals surface area contributed by atoms with Gasteiger partial charge in [0.2, 0.25) is 5.91 Å². The van der Waals surface area contributed by atoms with Crippen LogP contribution < -0.4 is 10.6 Å². The molecule has 1 aliphatic heterocycles. The number of rotatable bonds is 2. The average Bonchev–Trinajstić information content (AvgIpc) is 2.43. The second-order valence-electron chi connectivity index (χ2n) is 3.73. The summed E-state index contributed by atoms with van der Waals surface area (Å²) in [7, 11) is 0. The standard InChI is InChI=1S/C11H13FN2O/c1-2-3-14-10(15)5-7-4-8(13)6-9(12)11(7)14/h4,6H,2-3,5,13H2,1H3. The molecule has 1 aromatic carbocycles. The monoisotopic (exact) mass is 208 g/mol. The van der Waals surface area contributed by atoms with Crippen molar-refractivity contribution >= 4 is 17.3 Å². The molecule has 0 bridgehead atoms. The average molecular weight is 208 g/mol. The number of benzene rings is 1. The first-order valence-electron chi connectivity index (χ1n) is 5.01. The van der Waals surface area contributed by atoms with E-state index in [9.17, 15) is 9.18 Å². The van der Waals surface area contributed by atoms with E-state index in [2.05, 4.69) is 0 Å². The number of nitrogens with zero attached hydrogens (tertiary/aromatic N) is 1. The lowest BCUT2D eigenvalue weighted by Gasteiger charge is -2.16. The fourth-order valence-electron chi connectivity index (χ4n) is 1.96. The molecule has 15 heavy (non-hydrogen) atoms. The summed E-state index contributed by atoms with van der Waals surface area (Å²) in [5.41, 5.74) is 7.01. The SMILES string of the molecule is CCCN1C(=O)Cc2cc(N)cc(F)c21. The first-order valence-corrected chi connectivity index (χ1v) is 5.01. The van der Waals surface area contributed by atoms with Crippen molar-refractivity contribution in [3.05, 3.63) is 23.5 Å². The summed E-state index contributed by atoms with van der Waals surface area (Å²) in [6.07, 6.45) is 1.08. The van der Waals surface area contributed by atoms with Crippen LogP contribution in [0.5, 0.6) is 0 Å². The Labute approximate surface area is 87.7 Å². The molecule has 80 valence electrons. The van der Waals surface area contributed by atoms with Gasteiger partial charge in [-0.2, -0.15) is 0 Å². The highest BCUT2D eigenvalue weighted by atomic mass is 19.1. The second kappa shape index (κ2) is 3.53. The molecule has 0 atom stereocenters. The molecule has 1 aliphatic rings. The van der Waals surface area contributed by atoms with Crippen molar-refractivity contribution in [2.45, 2.75) is 19.8 Å². The van der Waals surface area contributed by atoms with Crippen molar-refractivity contribution in [1.29, 1.82) is 0 Å². The number of hydrogen-bond donors (Lipinski definition) is 1. The number of carbonyl (C=O) groups is 1. The summed E-state index contributed by atoms with van der Waals surface area (Å²) in [5.74, 6) is -0.444. The van der Waals surface area contributed by atoms with Crippen LogP contribution in [0.25, 0.3) is 0 Å². The summed E-state index contributed by atoms with van der Waals surface area (Å²) in [6, 6.07) is 2.94. The Morgan fingerprint density at radius 2 is 2.27 bits per heavy atom. The molecule has 2 rings (SSSR count). The van der Waals surface area contributed by atoms with Crippen molar-refractivity contribution in [2.75, 3.05) is 17.2 Å². The zero-order chi connectivity index (χ0) is 11.0. The zero-order valence-corrected chi connectivity index (χ0v) is 8.59. The van der Waals surface area contributed by atoms with Crippen LogP contribution in [0.15, 0.2) is 12.1 Å². The van der Waals surface area contributed by atoms with Gasteiger partial charge in [-0.1, -0.05) is 6.92 Å². The second-order valence-corrected chi connectivity index (χ2v) is 3.73. The molecule has 0 saturated carbocycles. The summed E-state index contributed by atoms with van der Waals surface area (Å²) >= 11 is 0. The number of nitrogen functional groups attached to an aromatic ring is 1. The van der Waals surface area contributed by atoms with E-state index in [4.69, 9.17) is 5.73 Å². The molecule has 4 heteroatoms. The molecular formula is C11H13FN2O. The Morgan fingerprint density at radius 1 is 1.53 bits per heavy atom. The molecule has 2 N–H and O–H groups in total. The number of nitrogens with two attached hydrogens (primary N) is 1. The highest BCUT2D eigenvalue weighted by Gasteiger charge is 2.29. The lowest BCUT2D eigenvalue weighted by atomic mass is 10.1. The molecule has 0 saturated heterocycles. The maximum Gasteiger partial charge on any atom is 0.231 e. The van der Waals surface area contributed by atoms with Crippen molar-refractivity contribution in [3.63, 3.8) is 0 Å². The molecule has 3 nitrogen and oxygen atoms in total. The maximum atomic E-state index is 13.6. The number of carbonyl (C=O) groups excluding carboxylic acids is 1. The van der Waals surface area contributed by atoms with E-state index in [0.29, 0.717) is 23.5 Å². The van der Waals surface area contributed by atoms with Crippen LogP contribution in [-0.2, 0) is 11.2 Å². The third kappa shape index (κ3) is 1.56. The molecule has 1 amide bonds. The van der Waals surface area contributed by atoms with Gasteiger partial charge < -0.3 is 10.6 Å². The van der Waals surface area contributed by atoms with Gasteiger partial charge in [-0.15, -0.1) is 0 Å². The smallest absolute Gasteiger partial charge is 0.231 e. The van der Waals surface area contributed by atoms with E-state index in [1.54, 1.807) is 6.07 Å². The van der Waals surface area contributed by atoms with Crippen molar-refractivity contribution < 1.29 is 9.18 Å². The van der Waals surface area contributed by atoms with E-state index in [-0.39, 0.29) is 12.3 Å². The van der Waals surface area contributed by atoms with Gasteiger partial charge in [0.1, 0.15) is 5.82 Å². The molecule has 0 fully saturated rings. The zero-order valence-electron chi connectivity index (χ0n) is 8.59. The molecule has 0 spiro atoms. The fourth-order valence-corrected chi connectivity index (χ4v) is 1.96. The molecule has 0 aromatic heterocycles. The van der Waals surface area contributed by atoms with Crippen LogP contribution in [0.1, 0.15) is 18.9 Å². The van der Waals surface area contributed by atoms with Crippen LogP contribution in [0.4, 0.5) is 15.8 Å². The quantitative estimate of drug-likeness (QED) is 0.752. The third-order valence-electron chi connectivity index (χ3n) is 2.52. The van der Waals surface area contributed by atoms with Crippen LogP contribution >= 0.6 is 0 Å². The molecule has 0 unspecified atom stereocenters. The summed E-state index contributed by atoms with van der Waals surface area (Å²) in [4.78, 5) is 13.1. The molecule has 0 aliphatic carbocycles. The van der Waals surface area contributed by atoms with Gasteiger partial charge in [0.05, 0.1) is 12.1 Å². The number of amides is 1. The van der Waals surface area contributed by atoms with E-state index in [0.717, 1.165) is 6.42 Å². The summed E-state index contributed by atoms with van der Waals surface area (Å²) in [5, 5.41) is 0. The lowest BCUT2D eigenvalue weighted by molar-refractivity contribution is -0.117. The largest absolute Gasteiger partial charge is 0.399 e. The third-order valence-corrected chi connectivity index (χ3v) is 2.52. The Morgan fingerprint density at radius 3 is 2.93 bits per heavy atom. The number of anilines is 2. The van der Waals surface area contributed by atoms with Gasteiger partial charge in [0.15, 0.2) is 0 Å². The molecule has 0 radical (unpaired) electrons. The lowest BCUT2D eigenvalue weighted by Crippen LogP contribution is -2.27. The van der Waals surface area contributed by atoms with E-state index in [1.807, 2.05) is 6.92 Å². The van der Waals surface area contributed by atoms with Gasteiger partial charge in [0, 0.05) is 12.2 Å². The highest BCUT2D eigenvalue weighted by molar-refractivity contribution is 6.01. The Balaban J connectivity index is 2.48. The van der Waals surface area contributed by atoms with Crippen molar-refractivity contribution in [1.82, 2.24) is 0 Å². The van der Waals surface area contributed by atoms with Gasteiger partial charge >= 0.3 is 0 Å². The van der Waals surface area contributed by atoms with Gasteiger partial charge in [0.25, 0.3) is 0 Å². The number of hydrogen-bond acceptors (Lipinski definition) is 2. The number of halogens is 1. The normalized spacial score (nSPS) is 14.5. The Bertz CT molecular complexity index is 417. The van der Waals surface area contributed by atoms with Gasteiger partial charge in [-0.05, 0) is 24.1 Å². The predicted molar refractivity (Wildman–Crippen MR) is 57.2 cm³/mol. The predicted octanol–water partition coefficient (Wildman–Crippen LogP) is 1.71. The first kappa shape index (κ1) is 9.96. The minimum atomic E-state index is -0.399. The van der Waals surface area contributed by atoms with Crippen molar-refractivity contribution in [2.24, 2.45) is 0 Å². The van der Waals surface area contributed by atoms with E-state index < -0.39 is 5.82 Å². The summed E-state index contributed by atoms with van der Waals surface area (Å²) in [6.45, 7) is 2.52. The van der Waals surface area contributed by atoms with Crippen molar-refractivity contribution in [3.8, 4) is 0 Å². The van der Waals surface area contributed by atoms with Crippen LogP contribution in [0, 0.1) is 5.82 Å².